The highest BCUT2D eigenvalue weighted by Crippen LogP contribution is 2.56. The number of fused-ring (bicyclic) bond motifs is 4. The van der Waals surface area contributed by atoms with Crippen LogP contribution < -0.4 is 20.6 Å². The van der Waals surface area contributed by atoms with Crippen LogP contribution in [0.25, 0.3) is 32.3 Å². The third-order valence-corrected chi connectivity index (χ3v) is 15.4. The molecule has 0 saturated carbocycles. The maximum absolute atomic E-state index is 9.14. The molecule has 0 radical (unpaired) electrons. The van der Waals surface area contributed by atoms with Crippen LogP contribution in [-0.4, -0.2) is 23.5 Å². The number of unbranched alkanes of at least 4 members (excludes halogenated alkanes) is 11. The Morgan fingerprint density at radius 2 is 0.873 bits per heavy atom. The van der Waals surface area contributed by atoms with E-state index >= 15 is 0 Å². The van der Waals surface area contributed by atoms with E-state index in [0.29, 0.717) is 5.75 Å². The van der Waals surface area contributed by atoms with Gasteiger partial charge in [0.15, 0.2) is 0 Å². The Morgan fingerprint density at radius 3 is 1.38 bits per heavy atom. The molecule has 0 heterocycles. The Morgan fingerprint density at radius 1 is 0.436 bits per heavy atom. The van der Waals surface area contributed by atoms with Gasteiger partial charge in [0.05, 0.1) is 6.16 Å². The van der Waals surface area contributed by atoms with Crippen LogP contribution in [0.2, 0.25) is 0 Å². The van der Waals surface area contributed by atoms with Gasteiger partial charge in [0, 0.05) is 5.39 Å². The first kappa shape index (κ1) is 40.2. The summed E-state index contributed by atoms with van der Waals surface area (Å²) in [4.78, 5) is 0. The van der Waals surface area contributed by atoms with Gasteiger partial charge in [-0.1, -0.05) is 174 Å². The first-order valence-electron chi connectivity index (χ1n) is 20.5. The van der Waals surface area contributed by atoms with Crippen molar-refractivity contribution in [3.63, 3.8) is 0 Å². The second kappa shape index (κ2) is 21.0. The average molecular weight is 748 g/mol. The van der Waals surface area contributed by atoms with Gasteiger partial charge in [-0.3, -0.25) is 0 Å². The van der Waals surface area contributed by atoms with Crippen molar-refractivity contribution in [1.29, 1.82) is 0 Å². The first-order chi connectivity index (χ1) is 27.1. The van der Waals surface area contributed by atoms with Gasteiger partial charge in [-0.25, -0.2) is 0 Å². The fourth-order valence-corrected chi connectivity index (χ4v) is 12.5. The molecule has 3 nitrogen and oxygen atoms in total. The number of rotatable bonds is 18. The Labute approximate surface area is 329 Å². The molecule has 7 rings (SSSR count). The smallest absolute Gasteiger partial charge is 0.511 e. The molecule has 55 heavy (non-hydrogen) atoms. The van der Waals surface area contributed by atoms with Crippen LogP contribution in [0.4, 0.5) is 0 Å². The van der Waals surface area contributed by atoms with Crippen LogP contribution >= 0.6 is 7.26 Å². The van der Waals surface area contributed by atoms with E-state index in [0.717, 1.165) is 26.9 Å². The standard InChI is InChI=1S/C32H44P.C18H13BO3/c1-2-3-4-5-6-7-8-9-10-11-12-22-29-33(30-23-16-13-17-24-30,31-25-18-14-19-26-31)32-27-20-15-21-28-32;20-19(21)22-17-7-3-6-12-8-9-15-10-13-4-1-2-5-14(13)11-16(15)18(12)17/h13-21,23-28H,2-12,22,29H2,1H3;1-11,20-21H/q+1;. The second-order valence-corrected chi connectivity index (χ2v) is 18.3. The molecule has 0 amide bonds. The van der Waals surface area contributed by atoms with Crippen LogP contribution in [0.5, 0.6) is 5.75 Å². The Bertz CT molecular complexity index is 2080. The molecule has 0 unspecified atom stereocenters. The molecule has 7 aromatic rings. The van der Waals surface area contributed by atoms with E-state index in [1.807, 2.05) is 30.3 Å². The zero-order valence-electron chi connectivity index (χ0n) is 32.5. The third-order valence-electron chi connectivity index (χ3n) is 10.9. The van der Waals surface area contributed by atoms with Crippen molar-refractivity contribution in [2.24, 2.45) is 0 Å². The summed E-state index contributed by atoms with van der Waals surface area (Å²) in [5.41, 5.74) is 0. The van der Waals surface area contributed by atoms with Gasteiger partial charge in [0.2, 0.25) is 0 Å². The van der Waals surface area contributed by atoms with Crippen LogP contribution in [0, 0.1) is 0 Å². The predicted octanol–water partition coefficient (Wildman–Crippen LogP) is 12.2. The van der Waals surface area contributed by atoms with E-state index in [-0.39, 0.29) is 0 Å². The van der Waals surface area contributed by atoms with Gasteiger partial charge in [-0.2, -0.15) is 0 Å². The lowest BCUT2D eigenvalue weighted by molar-refractivity contribution is 0.289. The highest BCUT2D eigenvalue weighted by Gasteiger charge is 2.44. The zero-order chi connectivity index (χ0) is 38.1. The topological polar surface area (TPSA) is 49.7 Å². The van der Waals surface area contributed by atoms with Crippen molar-refractivity contribution in [3.8, 4) is 5.75 Å². The minimum atomic E-state index is -1.83. The fourth-order valence-electron chi connectivity index (χ4n) is 8.05. The molecule has 2 N–H and O–H groups in total. The molecule has 7 aromatic carbocycles. The lowest BCUT2D eigenvalue weighted by atomic mass is 9.97. The largest absolute Gasteiger partial charge is 0.707 e. The quantitative estimate of drug-likeness (QED) is 0.0302. The average Bonchev–Trinajstić information content (AvgIpc) is 3.23. The lowest BCUT2D eigenvalue weighted by Crippen LogP contribution is -2.33. The van der Waals surface area contributed by atoms with Crippen molar-refractivity contribution in [1.82, 2.24) is 0 Å². The fraction of sp³-hybridized carbons (Fsp3) is 0.280. The van der Waals surface area contributed by atoms with E-state index in [2.05, 4.69) is 128 Å². The first-order valence-corrected chi connectivity index (χ1v) is 22.5. The van der Waals surface area contributed by atoms with Gasteiger partial charge in [0.1, 0.15) is 28.9 Å². The van der Waals surface area contributed by atoms with Crippen LogP contribution in [0.3, 0.4) is 0 Å². The molecule has 0 fully saturated rings. The summed E-state index contributed by atoms with van der Waals surface area (Å²) in [5, 5.41) is 29.2. The highest BCUT2D eigenvalue weighted by atomic mass is 31.2. The molecule has 0 aliphatic heterocycles. The van der Waals surface area contributed by atoms with Crippen LogP contribution in [0.1, 0.15) is 84.0 Å². The maximum Gasteiger partial charge on any atom is 0.707 e. The molecular formula is C50H57BO3P+. The maximum atomic E-state index is 9.14. The van der Waals surface area contributed by atoms with E-state index in [1.54, 1.807) is 6.07 Å². The van der Waals surface area contributed by atoms with Gasteiger partial charge >= 0.3 is 7.32 Å². The molecule has 0 saturated heterocycles. The van der Waals surface area contributed by atoms with Gasteiger partial charge in [0.25, 0.3) is 0 Å². The van der Waals surface area contributed by atoms with E-state index in [1.165, 1.54) is 105 Å². The van der Waals surface area contributed by atoms with Crippen molar-refractivity contribution in [3.05, 3.63) is 158 Å². The van der Waals surface area contributed by atoms with Crippen molar-refractivity contribution < 1.29 is 14.7 Å². The van der Waals surface area contributed by atoms with Crippen LogP contribution in [0.15, 0.2) is 158 Å². The molecule has 0 spiro atoms. The van der Waals surface area contributed by atoms with E-state index < -0.39 is 14.6 Å². The molecule has 0 atom stereocenters. The minimum absolute atomic E-state index is 0.466. The molecule has 0 aliphatic carbocycles. The zero-order valence-corrected chi connectivity index (χ0v) is 33.4. The number of hydrogen-bond acceptors (Lipinski definition) is 3. The summed E-state index contributed by atoms with van der Waals surface area (Å²) >= 11 is 0. The summed E-state index contributed by atoms with van der Waals surface area (Å²) in [5.74, 6) is 0.466. The molecule has 0 bridgehead atoms. The minimum Gasteiger partial charge on any atom is -0.511 e. The third kappa shape index (κ3) is 10.6. The summed E-state index contributed by atoms with van der Waals surface area (Å²) in [6, 6.07) is 56.1. The van der Waals surface area contributed by atoms with Crippen molar-refractivity contribution in [2.45, 2.75) is 84.0 Å². The summed E-state index contributed by atoms with van der Waals surface area (Å²) in [7, 11) is -3.47. The lowest BCUT2D eigenvalue weighted by Gasteiger charge is -2.27. The molecule has 5 heteroatoms. The monoisotopic (exact) mass is 747 g/mol. The highest BCUT2D eigenvalue weighted by molar-refractivity contribution is 7.95. The van der Waals surface area contributed by atoms with Gasteiger partial charge < -0.3 is 14.7 Å². The van der Waals surface area contributed by atoms with E-state index in [4.69, 9.17) is 14.7 Å². The van der Waals surface area contributed by atoms with Crippen molar-refractivity contribution in [2.75, 3.05) is 6.16 Å². The SMILES string of the molecule is CCCCCCCCCCCCCC[P+](c1ccccc1)(c1ccccc1)c1ccccc1.OB(O)Oc1cccc2ccc3cc4ccccc4cc3c12. The second-order valence-electron chi connectivity index (χ2n) is 14.7. The van der Waals surface area contributed by atoms with Crippen molar-refractivity contribution >= 4 is 62.8 Å². The number of benzene rings is 7. The molecule has 0 aromatic heterocycles. The summed E-state index contributed by atoms with van der Waals surface area (Å²) < 4.78 is 5.16. The Kier molecular flexibility index (Phi) is 15.4. The van der Waals surface area contributed by atoms with Gasteiger partial charge in [-0.15, -0.1) is 0 Å². The molecule has 0 aliphatic rings. The van der Waals surface area contributed by atoms with Gasteiger partial charge in [-0.05, 0) is 94.4 Å². The van der Waals surface area contributed by atoms with E-state index in [9.17, 15) is 0 Å². The Balaban J connectivity index is 0.000000201. The molecular weight excluding hydrogens is 690 g/mol. The molecule has 282 valence electrons. The number of hydrogen-bond donors (Lipinski definition) is 2. The Hall–Kier alpha value is -4.47. The normalized spacial score (nSPS) is 11.4. The summed E-state index contributed by atoms with van der Waals surface area (Å²) in [6.45, 7) is 2.30. The predicted molar refractivity (Wildman–Crippen MR) is 241 cm³/mol. The summed E-state index contributed by atoms with van der Waals surface area (Å²) in [6.07, 6.45) is 18.1. The van der Waals surface area contributed by atoms with Crippen LogP contribution in [-0.2, 0) is 0 Å².